The van der Waals surface area contributed by atoms with Gasteiger partial charge in [-0.15, -0.1) is 0 Å². The number of nitrogens with two attached hydrogens (primary N) is 1. The van der Waals surface area contributed by atoms with Crippen LogP contribution < -0.4 is 5.73 Å². The molecule has 0 aromatic carbocycles. The molecule has 5 heteroatoms. The number of thiocarbonyl (C=S) groups is 1. The Bertz CT molecular complexity index is 269. The van der Waals surface area contributed by atoms with Gasteiger partial charge in [-0.2, -0.15) is 0 Å². The van der Waals surface area contributed by atoms with E-state index in [0.29, 0.717) is 11.5 Å². The van der Waals surface area contributed by atoms with Gasteiger partial charge in [0.05, 0.1) is 23.7 Å². The van der Waals surface area contributed by atoms with Gasteiger partial charge in [-0.1, -0.05) is 18.6 Å². The van der Waals surface area contributed by atoms with Crippen molar-refractivity contribution < 1.29 is 9.53 Å². The first kappa shape index (κ1) is 13.4. The van der Waals surface area contributed by atoms with Gasteiger partial charge in [0.1, 0.15) is 0 Å². The van der Waals surface area contributed by atoms with E-state index < -0.39 is 0 Å². The topological polar surface area (TPSA) is 55.6 Å². The van der Waals surface area contributed by atoms with E-state index >= 15 is 0 Å². The quantitative estimate of drug-likeness (QED) is 0.592. The number of rotatable bonds is 4. The second-order valence-electron chi connectivity index (χ2n) is 4.42. The molecule has 0 radical (unpaired) electrons. The summed E-state index contributed by atoms with van der Waals surface area (Å²) >= 11 is 5.02. The van der Waals surface area contributed by atoms with E-state index in [9.17, 15) is 4.79 Å². The maximum Gasteiger partial charge on any atom is 0.320 e. The first-order valence-corrected chi connectivity index (χ1v) is 6.14. The minimum Gasteiger partial charge on any atom is -0.462 e. The smallest absolute Gasteiger partial charge is 0.320 e. The fourth-order valence-corrected chi connectivity index (χ4v) is 2.24. The summed E-state index contributed by atoms with van der Waals surface area (Å²) in [6.07, 6.45) is 3.09. The molecule has 0 aromatic rings. The molecule has 16 heavy (non-hydrogen) atoms. The predicted molar refractivity (Wildman–Crippen MR) is 67.2 cm³/mol. The lowest BCUT2D eigenvalue weighted by molar-refractivity contribution is -0.149. The molecule has 0 amide bonds. The van der Waals surface area contributed by atoms with Crippen molar-refractivity contribution >= 4 is 23.2 Å². The van der Waals surface area contributed by atoms with Gasteiger partial charge in [0.15, 0.2) is 0 Å². The van der Waals surface area contributed by atoms with Gasteiger partial charge < -0.3 is 10.5 Å². The number of esters is 1. The number of likely N-dealkylation sites (tertiary alicyclic amines) is 1. The number of nitrogens with zero attached hydrogens (tertiary/aromatic N) is 1. The molecule has 1 saturated heterocycles. The lowest BCUT2D eigenvalue weighted by atomic mass is 10.0. The normalized spacial score (nSPS) is 22.1. The number of ether oxygens (including phenoxy) is 1. The molecule has 2 N–H and O–H groups in total. The summed E-state index contributed by atoms with van der Waals surface area (Å²) in [4.78, 5) is 14.0. The Morgan fingerprint density at radius 1 is 1.56 bits per heavy atom. The molecule has 1 aliphatic heterocycles. The third-order valence-corrected chi connectivity index (χ3v) is 2.91. The third kappa shape index (κ3) is 4.06. The summed E-state index contributed by atoms with van der Waals surface area (Å²) in [5.74, 6) is -0.196. The van der Waals surface area contributed by atoms with Gasteiger partial charge in [-0.25, -0.2) is 0 Å². The van der Waals surface area contributed by atoms with Gasteiger partial charge in [0.25, 0.3) is 0 Å². The molecule has 1 heterocycles. The highest BCUT2D eigenvalue weighted by molar-refractivity contribution is 7.80. The molecular formula is C11H20N2O2S. The van der Waals surface area contributed by atoms with Gasteiger partial charge in [0.2, 0.25) is 0 Å². The Balaban J connectivity index is 2.49. The summed E-state index contributed by atoms with van der Waals surface area (Å²) in [6.45, 7) is 4.85. The molecular weight excluding hydrogens is 224 g/mol. The summed E-state index contributed by atoms with van der Waals surface area (Å²) in [6, 6.07) is 0.0588. The largest absolute Gasteiger partial charge is 0.462 e. The predicted octanol–water partition coefficient (Wildman–Crippen LogP) is 1.08. The minimum absolute atomic E-state index is 0.0588. The van der Waals surface area contributed by atoms with E-state index in [4.69, 9.17) is 22.7 Å². The maximum atomic E-state index is 11.5. The highest BCUT2D eigenvalue weighted by atomic mass is 32.1. The van der Waals surface area contributed by atoms with Crippen molar-refractivity contribution in [2.45, 2.75) is 45.3 Å². The Hall–Kier alpha value is -0.680. The lowest BCUT2D eigenvalue weighted by Gasteiger charge is -2.34. The fraction of sp³-hybridized carbons (Fsp3) is 0.818. The van der Waals surface area contributed by atoms with Crippen molar-refractivity contribution in [3.63, 3.8) is 0 Å². The molecule has 0 spiro atoms. The molecule has 0 aliphatic carbocycles. The van der Waals surface area contributed by atoms with Crippen LogP contribution in [0.1, 0.15) is 33.1 Å². The Labute approximate surface area is 102 Å². The van der Waals surface area contributed by atoms with E-state index in [0.717, 1.165) is 25.8 Å². The van der Waals surface area contributed by atoms with Gasteiger partial charge >= 0.3 is 5.97 Å². The fourth-order valence-electron chi connectivity index (χ4n) is 1.97. The minimum atomic E-state index is -0.196. The van der Waals surface area contributed by atoms with Crippen LogP contribution in [0.5, 0.6) is 0 Å². The van der Waals surface area contributed by atoms with Crippen molar-refractivity contribution in [1.82, 2.24) is 4.90 Å². The van der Waals surface area contributed by atoms with Crippen molar-refractivity contribution in [1.29, 1.82) is 0 Å². The van der Waals surface area contributed by atoms with E-state index in [1.54, 1.807) is 0 Å². The zero-order valence-corrected chi connectivity index (χ0v) is 10.8. The monoisotopic (exact) mass is 244 g/mol. The van der Waals surface area contributed by atoms with E-state index in [1.165, 1.54) is 0 Å². The van der Waals surface area contributed by atoms with Gasteiger partial charge in [-0.3, -0.25) is 9.69 Å². The van der Waals surface area contributed by atoms with E-state index in [2.05, 4.69) is 0 Å². The highest BCUT2D eigenvalue weighted by Gasteiger charge is 2.26. The summed E-state index contributed by atoms with van der Waals surface area (Å²) in [7, 11) is 0. The molecule has 1 unspecified atom stereocenters. The van der Waals surface area contributed by atoms with Crippen molar-refractivity contribution in [3.8, 4) is 0 Å². The number of carbonyl (C=O) groups is 1. The Kier molecular flexibility index (Phi) is 5.15. The highest BCUT2D eigenvalue weighted by Crippen LogP contribution is 2.17. The molecule has 4 nitrogen and oxygen atoms in total. The molecule has 92 valence electrons. The van der Waals surface area contributed by atoms with Crippen LogP contribution in [-0.4, -0.2) is 41.1 Å². The Morgan fingerprint density at radius 2 is 2.25 bits per heavy atom. The second kappa shape index (κ2) is 6.15. The number of hydrogen-bond acceptors (Lipinski definition) is 4. The first-order chi connectivity index (χ1) is 7.50. The summed E-state index contributed by atoms with van der Waals surface area (Å²) in [5.41, 5.74) is 5.67. The average molecular weight is 244 g/mol. The third-order valence-electron chi connectivity index (χ3n) is 2.64. The van der Waals surface area contributed by atoms with Crippen LogP contribution in [0.25, 0.3) is 0 Å². The molecule has 0 aromatic heterocycles. The number of piperidine rings is 1. The van der Waals surface area contributed by atoms with E-state index in [1.807, 2.05) is 18.7 Å². The van der Waals surface area contributed by atoms with Crippen LogP contribution in [-0.2, 0) is 9.53 Å². The molecule has 1 atom stereocenters. The lowest BCUT2D eigenvalue weighted by Crippen LogP contribution is -2.49. The number of carbonyl (C=O) groups excluding carboxylic acids is 1. The summed E-state index contributed by atoms with van der Waals surface area (Å²) in [5, 5.41) is 0. The van der Waals surface area contributed by atoms with Crippen molar-refractivity contribution in [2.75, 3.05) is 13.1 Å². The van der Waals surface area contributed by atoms with Crippen LogP contribution in [0.4, 0.5) is 0 Å². The SMILES string of the molecule is CC(C)OC(=O)CN1CCCCC1C(N)=S. The molecule has 1 fully saturated rings. The van der Waals surface area contributed by atoms with Crippen LogP contribution >= 0.6 is 12.2 Å². The zero-order chi connectivity index (χ0) is 12.1. The zero-order valence-electron chi connectivity index (χ0n) is 9.94. The second-order valence-corrected chi connectivity index (χ2v) is 4.89. The molecule has 1 rings (SSSR count). The van der Waals surface area contributed by atoms with Crippen molar-refractivity contribution in [3.05, 3.63) is 0 Å². The summed E-state index contributed by atoms with van der Waals surface area (Å²) < 4.78 is 5.12. The van der Waals surface area contributed by atoms with Crippen LogP contribution in [0, 0.1) is 0 Å². The standard InChI is InChI=1S/C11H20N2O2S/c1-8(2)15-10(14)7-13-6-4-3-5-9(13)11(12)16/h8-9H,3-7H2,1-2H3,(H2,12,16). The van der Waals surface area contributed by atoms with Gasteiger partial charge in [0, 0.05) is 0 Å². The molecule has 1 aliphatic rings. The van der Waals surface area contributed by atoms with E-state index in [-0.39, 0.29) is 18.1 Å². The van der Waals surface area contributed by atoms with Crippen LogP contribution in [0.3, 0.4) is 0 Å². The van der Waals surface area contributed by atoms with Crippen LogP contribution in [0.2, 0.25) is 0 Å². The van der Waals surface area contributed by atoms with Gasteiger partial charge in [-0.05, 0) is 33.2 Å². The molecule has 0 saturated carbocycles. The number of hydrogen-bond donors (Lipinski definition) is 1. The maximum absolute atomic E-state index is 11.5. The molecule has 0 bridgehead atoms. The van der Waals surface area contributed by atoms with Crippen LogP contribution in [0.15, 0.2) is 0 Å². The average Bonchev–Trinajstić information content (AvgIpc) is 2.16. The Morgan fingerprint density at radius 3 is 2.81 bits per heavy atom. The first-order valence-electron chi connectivity index (χ1n) is 5.73. The van der Waals surface area contributed by atoms with Crippen molar-refractivity contribution in [2.24, 2.45) is 5.73 Å².